The van der Waals surface area contributed by atoms with Crippen molar-refractivity contribution in [1.29, 1.82) is 0 Å². The quantitative estimate of drug-likeness (QED) is 0.221. The topological polar surface area (TPSA) is 0 Å². The van der Waals surface area contributed by atoms with Gasteiger partial charge in [0.1, 0.15) is 0 Å². The Labute approximate surface area is 196 Å². The molecule has 0 atom stereocenters. The van der Waals surface area contributed by atoms with Crippen LogP contribution in [-0.2, 0) is 34.1 Å². The summed E-state index contributed by atoms with van der Waals surface area (Å²) in [7, 11) is 0. The first kappa shape index (κ1) is 29.7. The van der Waals surface area contributed by atoms with Crippen molar-refractivity contribution >= 4 is 0 Å². The first-order chi connectivity index (χ1) is 14.2. The van der Waals surface area contributed by atoms with E-state index < -0.39 is 23.5 Å². The summed E-state index contributed by atoms with van der Waals surface area (Å²) < 4.78 is 70.6. The molecule has 160 valence electrons. The molecule has 2 aromatic carbocycles. The molecule has 4 rings (SSSR count). The zero-order valence-electron chi connectivity index (χ0n) is 16.2. The van der Waals surface area contributed by atoms with Crippen LogP contribution in [0.3, 0.4) is 0 Å². The number of rotatable bonds is 0. The van der Waals surface area contributed by atoms with Crippen molar-refractivity contribution < 1.29 is 48.1 Å². The van der Waals surface area contributed by atoms with Gasteiger partial charge in [-0.3, -0.25) is 0 Å². The van der Waals surface area contributed by atoms with Crippen LogP contribution in [0.4, 0.5) is 26.3 Å². The van der Waals surface area contributed by atoms with Gasteiger partial charge in [-0.25, -0.2) is 0 Å². The van der Waals surface area contributed by atoms with Gasteiger partial charge in [0.2, 0.25) is 0 Å². The van der Waals surface area contributed by atoms with Crippen LogP contribution in [0.2, 0.25) is 0 Å². The summed E-state index contributed by atoms with van der Waals surface area (Å²) in [6.45, 7) is 0. The molecule has 2 aromatic rings. The normalized spacial score (nSPS) is 15.2. The van der Waals surface area contributed by atoms with Crippen LogP contribution in [0, 0.1) is 76.3 Å². The van der Waals surface area contributed by atoms with Crippen LogP contribution in [0.1, 0.15) is 11.1 Å². The minimum absolute atomic E-state index is 0. The van der Waals surface area contributed by atoms with Crippen molar-refractivity contribution in [1.82, 2.24) is 0 Å². The molecule has 0 aromatic heterocycles. The molecule has 0 aliphatic heterocycles. The molecule has 0 N–H and O–H groups in total. The van der Waals surface area contributed by atoms with Gasteiger partial charge >= 0.3 is 34.1 Å². The molecule has 2 saturated carbocycles. The van der Waals surface area contributed by atoms with Crippen molar-refractivity contribution in [2.75, 3.05) is 0 Å². The van der Waals surface area contributed by atoms with E-state index in [-0.39, 0.29) is 21.7 Å². The van der Waals surface area contributed by atoms with Gasteiger partial charge in [-0.15, -0.1) is 0 Å². The molecule has 0 bridgehead atoms. The van der Waals surface area contributed by atoms with Gasteiger partial charge in [0, 0.05) is 0 Å². The molecule has 0 unspecified atom stereocenters. The SMILES string of the molecule is FC(F)(F)c1c[c-]ccc1.FC(F)(F)c1c[c-]ccc1.[CH]1[CH][CH][CH][CH]1.[CH]1[CH][CH][CH][CH]1.[Ti+2]. The van der Waals surface area contributed by atoms with E-state index >= 15 is 0 Å². The molecule has 2 aliphatic rings. The molecule has 10 radical (unpaired) electrons. The first-order valence-electron chi connectivity index (χ1n) is 8.61. The van der Waals surface area contributed by atoms with Crippen molar-refractivity contribution in [3.63, 3.8) is 0 Å². The van der Waals surface area contributed by atoms with Gasteiger partial charge in [0.15, 0.2) is 0 Å². The molecule has 31 heavy (non-hydrogen) atoms. The summed E-state index contributed by atoms with van der Waals surface area (Å²) in [5, 5.41) is 0. The number of hydrogen-bond donors (Lipinski definition) is 0. The average molecular weight is 468 g/mol. The minimum Gasteiger partial charge on any atom is -0.183 e. The van der Waals surface area contributed by atoms with E-state index in [2.05, 4.69) is 12.1 Å². The maximum Gasteiger partial charge on any atom is 2.00 e. The second-order valence-electron chi connectivity index (χ2n) is 5.50. The Bertz CT molecular complexity index is 571. The van der Waals surface area contributed by atoms with Gasteiger partial charge in [0.25, 0.3) is 0 Å². The number of alkyl halides is 6. The van der Waals surface area contributed by atoms with Crippen molar-refractivity contribution in [2.45, 2.75) is 12.4 Å². The predicted molar refractivity (Wildman–Crippen MR) is 104 cm³/mol. The molecule has 2 aliphatic carbocycles. The first-order valence-corrected chi connectivity index (χ1v) is 8.61. The Hall–Kier alpha value is -1.27. The fourth-order valence-corrected chi connectivity index (χ4v) is 1.78. The largest absolute Gasteiger partial charge is 2.00 e. The number of halogens is 6. The van der Waals surface area contributed by atoms with Gasteiger partial charge in [-0.05, 0) is 64.2 Å². The Kier molecular flexibility index (Phi) is 15.7. The zero-order chi connectivity index (χ0) is 22.3. The van der Waals surface area contributed by atoms with E-state index in [0.717, 1.165) is 24.3 Å². The van der Waals surface area contributed by atoms with Crippen LogP contribution in [0.25, 0.3) is 0 Å². The number of hydrogen-bond acceptors (Lipinski definition) is 0. The fraction of sp³-hybridized carbons (Fsp3) is 0.0833. The van der Waals surface area contributed by atoms with Gasteiger partial charge < -0.3 is 0 Å². The second-order valence-corrected chi connectivity index (χ2v) is 5.50. The molecule has 0 heterocycles. The van der Waals surface area contributed by atoms with Gasteiger partial charge in [-0.1, -0.05) is 11.1 Å². The van der Waals surface area contributed by atoms with Gasteiger partial charge in [0.05, 0.1) is 0 Å². The minimum atomic E-state index is -4.24. The van der Waals surface area contributed by atoms with E-state index in [1.807, 2.05) is 64.2 Å². The van der Waals surface area contributed by atoms with Gasteiger partial charge in [-0.2, -0.15) is 87.0 Å². The van der Waals surface area contributed by atoms with Crippen molar-refractivity contribution in [2.24, 2.45) is 0 Å². The van der Waals surface area contributed by atoms with Crippen LogP contribution in [0.5, 0.6) is 0 Å². The van der Waals surface area contributed by atoms with Crippen molar-refractivity contribution in [3.8, 4) is 0 Å². The molecule has 0 amide bonds. The monoisotopic (exact) mass is 468 g/mol. The number of benzene rings is 2. The molecule has 0 nitrogen and oxygen atoms in total. The van der Waals surface area contributed by atoms with E-state index in [9.17, 15) is 26.3 Å². The van der Waals surface area contributed by atoms with Crippen molar-refractivity contribution in [3.05, 3.63) is 136 Å². The molecule has 7 heteroatoms. The van der Waals surface area contributed by atoms with Crippen LogP contribution in [0.15, 0.2) is 48.5 Å². The maximum absolute atomic E-state index is 11.8. The summed E-state index contributed by atoms with van der Waals surface area (Å²) in [6, 6.07) is 14.0. The smallest absolute Gasteiger partial charge is 0.183 e. The van der Waals surface area contributed by atoms with E-state index in [4.69, 9.17) is 0 Å². The summed E-state index contributed by atoms with van der Waals surface area (Å²) >= 11 is 0. The maximum atomic E-state index is 11.8. The van der Waals surface area contributed by atoms with Crippen LogP contribution >= 0.6 is 0 Å². The Morgan fingerprint density at radius 3 is 0.871 bits per heavy atom. The third kappa shape index (κ3) is 15.2. The molecular weight excluding hydrogens is 450 g/mol. The Balaban J connectivity index is 0.000000401. The van der Waals surface area contributed by atoms with E-state index in [1.54, 1.807) is 0 Å². The summed E-state index contributed by atoms with van der Waals surface area (Å²) in [4.78, 5) is 0. The standard InChI is InChI=1S/2C7H4F3.2C5H5.Ti/c2*8-7(9,10)6-4-2-1-3-5-6;2*1-2-4-5-3-1;/h2*1-2,4-5H;2*1-5H;/q2*-1;;;+2. The predicted octanol–water partition coefficient (Wildman–Crippen LogP) is 7.05. The van der Waals surface area contributed by atoms with E-state index in [0.29, 0.717) is 0 Å². The third-order valence-corrected chi connectivity index (χ3v) is 3.18. The molecule has 0 spiro atoms. The Morgan fingerprint density at radius 1 is 0.484 bits per heavy atom. The van der Waals surface area contributed by atoms with Crippen LogP contribution < -0.4 is 0 Å². The molecule has 2 fully saturated rings. The molecule has 0 saturated heterocycles. The summed E-state index contributed by atoms with van der Waals surface area (Å²) in [6.07, 6.45) is 11.5. The van der Waals surface area contributed by atoms with Crippen LogP contribution in [-0.4, -0.2) is 0 Å². The third-order valence-electron chi connectivity index (χ3n) is 3.18. The Morgan fingerprint density at radius 2 is 0.742 bits per heavy atom. The fourth-order valence-electron chi connectivity index (χ4n) is 1.78. The summed E-state index contributed by atoms with van der Waals surface area (Å²) in [5.74, 6) is 0. The zero-order valence-corrected chi connectivity index (χ0v) is 17.7. The summed E-state index contributed by atoms with van der Waals surface area (Å²) in [5.41, 5.74) is -1.31. The molecular formula is C24H18F6Ti. The second kappa shape index (κ2) is 16.4. The average Bonchev–Trinajstić information content (AvgIpc) is 3.47. The van der Waals surface area contributed by atoms with E-state index in [1.165, 1.54) is 24.3 Å².